The lowest BCUT2D eigenvalue weighted by Gasteiger charge is -2.39. The van der Waals surface area contributed by atoms with E-state index >= 15 is 0 Å². The summed E-state index contributed by atoms with van der Waals surface area (Å²) < 4.78 is 0. The molecule has 3 aliphatic rings. The van der Waals surface area contributed by atoms with E-state index in [0.717, 1.165) is 44.4 Å². The summed E-state index contributed by atoms with van der Waals surface area (Å²) in [5, 5.41) is 9.44. The molecule has 1 amide bonds. The van der Waals surface area contributed by atoms with Crippen LogP contribution in [0.15, 0.2) is 23.2 Å². The molecule has 5 nitrogen and oxygen atoms in total. The molecule has 5 heteroatoms. The van der Waals surface area contributed by atoms with Crippen molar-refractivity contribution in [3.05, 3.63) is 34.9 Å². The largest absolute Gasteiger partial charge is 0.481 e. The number of nitrogens with zero attached hydrogens (tertiary/aromatic N) is 2. The quantitative estimate of drug-likeness (QED) is 0.795. The molecule has 1 aliphatic carbocycles. The minimum Gasteiger partial charge on any atom is -0.481 e. The molecule has 0 bridgehead atoms. The number of aliphatic imine (C=N–C) groups is 1. The standard InChI is InChI=1S/C25H34N2O3/c1-25(2,3)20-7-6-16-8-10-26-22(21(16)14-20)12-19-15-27(24(30)17-4-5-17)11-9-18(19)13-23(28)29/h6-7,14,17-19H,4-5,8-13,15H2,1-3H3,(H,28,29)/t18-,19-/m0/s1. The van der Waals surface area contributed by atoms with Crippen molar-refractivity contribution >= 4 is 17.6 Å². The van der Waals surface area contributed by atoms with Crippen LogP contribution in [0.4, 0.5) is 0 Å². The number of fused-ring (bicyclic) bond motifs is 1. The summed E-state index contributed by atoms with van der Waals surface area (Å²) in [6.07, 6.45) is 4.68. The number of hydrogen-bond donors (Lipinski definition) is 1. The maximum Gasteiger partial charge on any atom is 0.303 e. The normalized spacial score (nSPS) is 24.2. The monoisotopic (exact) mass is 410 g/mol. The van der Waals surface area contributed by atoms with Crippen molar-refractivity contribution in [1.29, 1.82) is 0 Å². The SMILES string of the molecule is CC(C)(C)c1ccc2c(c1)C(C[C@H]1CN(C(=O)C3CC3)CC[C@H]1CC(=O)O)=NCC2. The first kappa shape index (κ1) is 21.1. The summed E-state index contributed by atoms with van der Waals surface area (Å²) >= 11 is 0. The zero-order valence-electron chi connectivity index (χ0n) is 18.5. The number of carboxylic acids is 1. The average Bonchev–Trinajstić information content (AvgIpc) is 3.53. The first-order valence-electron chi connectivity index (χ1n) is 11.4. The zero-order chi connectivity index (χ0) is 21.5. The third kappa shape index (κ3) is 4.60. The van der Waals surface area contributed by atoms with Crippen molar-refractivity contribution < 1.29 is 14.7 Å². The van der Waals surface area contributed by atoms with Gasteiger partial charge in [0.2, 0.25) is 5.91 Å². The van der Waals surface area contributed by atoms with E-state index in [9.17, 15) is 14.7 Å². The van der Waals surface area contributed by atoms with Crippen LogP contribution < -0.4 is 0 Å². The molecule has 1 saturated carbocycles. The number of piperidine rings is 1. The number of carboxylic acid groups (broad SMARTS) is 1. The highest BCUT2D eigenvalue weighted by atomic mass is 16.4. The molecule has 4 rings (SSSR count). The molecule has 0 unspecified atom stereocenters. The maximum absolute atomic E-state index is 12.7. The Labute approximate surface area is 179 Å². The molecule has 0 aromatic heterocycles. The van der Waals surface area contributed by atoms with E-state index in [4.69, 9.17) is 4.99 Å². The molecule has 1 saturated heterocycles. The highest BCUT2D eigenvalue weighted by molar-refractivity contribution is 6.03. The van der Waals surface area contributed by atoms with Crippen LogP contribution in [0.2, 0.25) is 0 Å². The Bertz CT molecular complexity index is 864. The predicted molar refractivity (Wildman–Crippen MR) is 118 cm³/mol. The van der Waals surface area contributed by atoms with Gasteiger partial charge >= 0.3 is 5.97 Å². The number of carbonyl (C=O) groups excluding carboxylic acids is 1. The Morgan fingerprint density at radius 3 is 2.60 bits per heavy atom. The van der Waals surface area contributed by atoms with E-state index in [1.54, 1.807) is 0 Å². The van der Waals surface area contributed by atoms with E-state index in [1.807, 2.05) is 4.90 Å². The van der Waals surface area contributed by atoms with Gasteiger partial charge in [-0.05, 0) is 72.1 Å². The van der Waals surface area contributed by atoms with E-state index in [2.05, 4.69) is 39.0 Å². The third-order valence-corrected chi connectivity index (χ3v) is 6.99. The number of likely N-dealkylation sites (tertiary alicyclic amines) is 1. The molecule has 0 spiro atoms. The van der Waals surface area contributed by atoms with Gasteiger partial charge in [0.25, 0.3) is 0 Å². The second-order valence-electron chi connectivity index (χ2n) is 10.4. The molecular weight excluding hydrogens is 376 g/mol. The van der Waals surface area contributed by atoms with Crippen molar-refractivity contribution in [3.8, 4) is 0 Å². The summed E-state index contributed by atoms with van der Waals surface area (Å²) in [6, 6.07) is 6.75. The summed E-state index contributed by atoms with van der Waals surface area (Å²) in [5.41, 5.74) is 5.04. The minimum absolute atomic E-state index is 0.0712. The number of carbonyl (C=O) groups is 2. The van der Waals surface area contributed by atoms with Gasteiger partial charge in [0.05, 0.1) is 0 Å². The Balaban J connectivity index is 1.57. The van der Waals surface area contributed by atoms with Gasteiger partial charge < -0.3 is 10.0 Å². The molecule has 162 valence electrons. The van der Waals surface area contributed by atoms with Crippen LogP contribution in [0.5, 0.6) is 0 Å². The van der Waals surface area contributed by atoms with Gasteiger partial charge in [0.1, 0.15) is 0 Å². The maximum atomic E-state index is 12.7. The van der Waals surface area contributed by atoms with Crippen LogP contribution in [0.3, 0.4) is 0 Å². The molecule has 1 aromatic carbocycles. The predicted octanol–water partition coefficient (Wildman–Crippen LogP) is 4.07. The Morgan fingerprint density at radius 1 is 1.17 bits per heavy atom. The van der Waals surface area contributed by atoms with Crippen molar-refractivity contribution in [2.24, 2.45) is 22.7 Å². The van der Waals surface area contributed by atoms with Gasteiger partial charge in [-0.2, -0.15) is 0 Å². The highest BCUT2D eigenvalue weighted by Gasteiger charge is 2.39. The van der Waals surface area contributed by atoms with E-state index in [1.165, 1.54) is 16.7 Å². The molecule has 30 heavy (non-hydrogen) atoms. The van der Waals surface area contributed by atoms with Gasteiger partial charge in [0, 0.05) is 37.7 Å². The Hall–Kier alpha value is -2.17. The molecule has 1 aromatic rings. The topological polar surface area (TPSA) is 70.0 Å². The zero-order valence-corrected chi connectivity index (χ0v) is 18.5. The lowest BCUT2D eigenvalue weighted by Crippen LogP contribution is -2.45. The van der Waals surface area contributed by atoms with Crippen LogP contribution in [0.1, 0.15) is 69.6 Å². The van der Waals surface area contributed by atoms with Crippen molar-refractivity contribution in [1.82, 2.24) is 4.90 Å². The minimum atomic E-state index is -0.743. The number of benzene rings is 1. The fraction of sp³-hybridized carbons (Fsp3) is 0.640. The van der Waals surface area contributed by atoms with Gasteiger partial charge in [-0.15, -0.1) is 0 Å². The van der Waals surface area contributed by atoms with Crippen LogP contribution in [0, 0.1) is 17.8 Å². The van der Waals surface area contributed by atoms with Crippen molar-refractivity contribution in [3.63, 3.8) is 0 Å². The van der Waals surface area contributed by atoms with Gasteiger partial charge in [0.15, 0.2) is 0 Å². The second-order valence-corrected chi connectivity index (χ2v) is 10.4. The van der Waals surface area contributed by atoms with E-state index in [0.29, 0.717) is 13.1 Å². The number of hydrogen-bond acceptors (Lipinski definition) is 3. The van der Waals surface area contributed by atoms with Crippen LogP contribution in [0.25, 0.3) is 0 Å². The third-order valence-electron chi connectivity index (χ3n) is 6.99. The lowest BCUT2D eigenvalue weighted by atomic mass is 9.77. The number of rotatable bonds is 5. The Kier molecular flexibility index (Phi) is 5.73. The Morgan fingerprint density at radius 2 is 1.93 bits per heavy atom. The molecule has 0 radical (unpaired) electrons. The average molecular weight is 411 g/mol. The highest BCUT2D eigenvalue weighted by Crippen LogP contribution is 2.37. The molecule has 1 N–H and O–H groups in total. The van der Waals surface area contributed by atoms with Crippen LogP contribution in [-0.4, -0.2) is 47.2 Å². The summed E-state index contributed by atoms with van der Waals surface area (Å²) in [5.74, 6) is -0.00307. The van der Waals surface area contributed by atoms with Gasteiger partial charge in [-0.3, -0.25) is 14.6 Å². The molecule has 2 aliphatic heterocycles. The molecule has 2 fully saturated rings. The van der Waals surface area contributed by atoms with Gasteiger partial charge in [-0.1, -0.05) is 32.9 Å². The summed E-state index contributed by atoms with van der Waals surface area (Å²) in [7, 11) is 0. The van der Waals surface area contributed by atoms with Gasteiger partial charge in [-0.25, -0.2) is 0 Å². The first-order valence-corrected chi connectivity index (χ1v) is 11.4. The fourth-order valence-corrected chi connectivity index (χ4v) is 4.94. The number of aliphatic carboxylic acids is 1. The van der Waals surface area contributed by atoms with E-state index in [-0.39, 0.29) is 35.5 Å². The van der Waals surface area contributed by atoms with Crippen molar-refractivity contribution in [2.45, 2.75) is 64.7 Å². The van der Waals surface area contributed by atoms with Crippen LogP contribution in [-0.2, 0) is 21.4 Å². The number of amides is 1. The van der Waals surface area contributed by atoms with Crippen LogP contribution >= 0.6 is 0 Å². The summed E-state index contributed by atoms with van der Waals surface area (Å²) in [6.45, 7) is 8.82. The summed E-state index contributed by atoms with van der Waals surface area (Å²) in [4.78, 5) is 31.0. The molecule has 2 atom stereocenters. The smallest absolute Gasteiger partial charge is 0.303 e. The van der Waals surface area contributed by atoms with E-state index < -0.39 is 5.97 Å². The molecular formula is C25H34N2O3. The first-order chi connectivity index (χ1) is 14.2. The lowest BCUT2D eigenvalue weighted by molar-refractivity contribution is -0.140. The van der Waals surface area contributed by atoms with Crippen molar-refractivity contribution in [2.75, 3.05) is 19.6 Å². The fourth-order valence-electron chi connectivity index (χ4n) is 4.94. The molecule has 2 heterocycles. The second kappa shape index (κ2) is 8.16.